The lowest BCUT2D eigenvalue weighted by Crippen LogP contribution is -2.22. The number of hydrogen-bond acceptors (Lipinski definition) is 2. The third-order valence-corrected chi connectivity index (χ3v) is 2.36. The van der Waals surface area contributed by atoms with E-state index >= 15 is 0 Å². The molecule has 2 heteroatoms. The average Bonchev–Trinajstić information content (AvgIpc) is 2.03. The lowest BCUT2D eigenvalue weighted by Gasteiger charge is -2.18. The monoisotopic (exact) mass is 186 g/mol. The van der Waals surface area contributed by atoms with Crippen molar-refractivity contribution in [3.63, 3.8) is 0 Å². The molecule has 1 atom stereocenters. The molecule has 0 amide bonds. The first kappa shape index (κ1) is 12.5. The van der Waals surface area contributed by atoms with Gasteiger partial charge in [0.1, 0.15) is 0 Å². The molecule has 2 nitrogen and oxygen atoms in total. The van der Waals surface area contributed by atoms with Gasteiger partial charge in [-0.15, -0.1) is 0 Å². The van der Waals surface area contributed by atoms with Crippen molar-refractivity contribution in [1.29, 1.82) is 0 Å². The molecule has 0 aromatic heterocycles. The van der Waals surface area contributed by atoms with Gasteiger partial charge in [-0.2, -0.15) is 0 Å². The van der Waals surface area contributed by atoms with Crippen LogP contribution in [0.2, 0.25) is 0 Å². The summed E-state index contributed by atoms with van der Waals surface area (Å²) in [6.45, 7) is 8.49. The highest BCUT2D eigenvalue weighted by molar-refractivity contribution is 5.72. The van der Waals surface area contributed by atoms with Crippen molar-refractivity contribution < 1.29 is 9.53 Å². The Bertz CT molecular complexity index is 150. The van der Waals surface area contributed by atoms with E-state index in [2.05, 4.69) is 27.7 Å². The molecule has 78 valence electrons. The highest BCUT2D eigenvalue weighted by Gasteiger charge is 2.22. The molecule has 0 unspecified atom stereocenters. The normalized spacial score (nSPS) is 13.5. The number of rotatable bonds is 5. The Hall–Kier alpha value is -0.530. The number of ether oxygens (including phenoxy) is 1. The molecule has 0 radical (unpaired) electrons. The van der Waals surface area contributed by atoms with Gasteiger partial charge in [0.2, 0.25) is 0 Å². The molecule has 0 saturated carbocycles. The molecule has 0 aromatic rings. The fourth-order valence-electron chi connectivity index (χ4n) is 1.39. The Kier molecular flexibility index (Phi) is 5.76. The van der Waals surface area contributed by atoms with Crippen LogP contribution in [0.5, 0.6) is 0 Å². The van der Waals surface area contributed by atoms with Gasteiger partial charge in [-0.1, -0.05) is 34.1 Å². The second-order valence-electron chi connectivity index (χ2n) is 4.34. The number of esters is 1. The van der Waals surface area contributed by atoms with Gasteiger partial charge < -0.3 is 4.74 Å². The molecule has 13 heavy (non-hydrogen) atoms. The Morgan fingerprint density at radius 1 is 1.15 bits per heavy atom. The summed E-state index contributed by atoms with van der Waals surface area (Å²) in [6, 6.07) is 0. The van der Waals surface area contributed by atoms with Gasteiger partial charge in [0, 0.05) is 0 Å². The summed E-state index contributed by atoms with van der Waals surface area (Å²) >= 11 is 0. The summed E-state index contributed by atoms with van der Waals surface area (Å²) in [5, 5.41) is 0. The molecule has 0 N–H and O–H groups in total. The van der Waals surface area contributed by atoms with Crippen molar-refractivity contribution in [1.82, 2.24) is 0 Å². The summed E-state index contributed by atoms with van der Waals surface area (Å²) in [5.41, 5.74) is 0. The molecule has 0 spiro atoms. The fourth-order valence-corrected chi connectivity index (χ4v) is 1.39. The Balaban J connectivity index is 4.03. The molecule has 0 aromatic carbocycles. The van der Waals surface area contributed by atoms with E-state index in [9.17, 15) is 4.79 Å². The quantitative estimate of drug-likeness (QED) is 0.617. The number of carbonyl (C=O) groups excluding carboxylic acids is 1. The molecule has 0 aliphatic rings. The highest BCUT2D eigenvalue weighted by Crippen LogP contribution is 2.21. The second kappa shape index (κ2) is 6.01. The SMILES string of the molecule is COC(=O)[C@@H](CCC(C)C)C(C)C. The van der Waals surface area contributed by atoms with Crippen molar-refractivity contribution in [3.05, 3.63) is 0 Å². The lowest BCUT2D eigenvalue weighted by molar-refractivity contribution is -0.147. The Labute approximate surface area is 81.7 Å². The second-order valence-corrected chi connectivity index (χ2v) is 4.34. The van der Waals surface area contributed by atoms with Gasteiger partial charge in [-0.3, -0.25) is 4.79 Å². The van der Waals surface area contributed by atoms with Gasteiger partial charge in [0.25, 0.3) is 0 Å². The van der Waals surface area contributed by atoms with Gasteiger partial charge in [0.15, 0.2) is 0 Å². The summed E-state index contributed by atoms with van der Waals surface area (Å²) in [5.74, 6) is 1.06. The molecule has 0 rings (SSSR count). The summed E-state index contributed by atoms with van der Waals surface area (Å²) in [7, 11) is 1.47. The molecule has 0 aliphatic heterocycles. The minimum atomic E-state index is -0.0596. The van der Waals surface area contributed by atoms with Crippen LogP contribution < -0.4 is 0 Å². The predicted molar refractivity (Wildman–Crippen MR) is 54.4 cm³/mol. The van der Waals surface area contributed by atoms with Crippen LogP contribution >= 0.6 is 0 Å². The van der Waals surface area contributed by atoms with Crippen molar-refractivity contribution in [2.45, 2.75) is 40.5 Å². The molecule has 0 saturated heterocycles. The zero-order chi connectivity index (χ0) is 10.4. The number of carbonyl (C=O) groups is 1. The maximum Gasteiger partial charge on any atom is 0.308 e. The summed E-state index contributed by atoms with van der Waals surface area (Å²) in [6.07, 6.45) is 2.04. The largest absolute Gasteiger partial charge is 0.469 e. The zero-order valence-corrected chi connectivity index (χ0v) is 9.46. The maximum atomic E-state index is 11.3. The van der Waals surface area contributed by atoms with Gasteiger partial charge >= 0.3 is 5.97 Å². The van der Waals surface area contributed by atoms with Gasteiger partial charge in [-0.05, 0) is 18.3 Å². The van der Waals surface area contributed by atoms with Crippen LogP contribution in [0.15, 0.2) is 0 Å². The van der Waals surface area contributed by atoms with E-state index in [-0.39, 0.29) is 11.9 Å². The number of hydrogen-bond donors (Lipinski definition) is 0. The smallest absolute Gasteiger partial charge is 0.308 e. The van der Waals surface area contributed by atoms with Crippen molar-refractivity contribution in [2.75, 3.05) is 7.11 Å². The van der Waals surface area contributed by atoms with E-state index in [1.54, 1.807) is 0 Å². The van der Waals surface area contributed by atoms with Crippen LogP contribution in [0.3, 0.4) is 0 Å². The van der Waals surface area contributed by atoms with E-state index in [0.717, 1.165) is 12.8 Å². The molecular formula is C11H22O2. The predicted octanol–water partition coefficient (Wildman–Crippen LogP) is 2.87. The van der Waals surface area contributed by atoms with E-state index in [1.165, 1.54) is 7.11 Å². The number of methoxy groups -OCH3 is 1. The third kappa shape index (κ3) is 4.91. The summed E-state index contributed by atoms with van der Waals surface area (Å²) in [4.78, 5) is 11.3. The maximum absolute atomic E-state index is 11.3. The van der Waals surface area contributed by atoms with E-state index < -0.39 is 0 Å². The standard InChI is InChI=1S/C11H22O2/c1-8(2)6-7-10(9(3)4)11(12)13-5/h8-10H,6-7H2,1-5H3/t10-/m0/s1. The minimum absolute atomic E-state index is 0.0596. The van der Waals surface area contributed by atoms with Gasteiger partial charge in [-0.25, -0.2) is 0 Å². The van der Waals surface area contributed by atoms with Crippen LogP contribution in [-0.2, 0) is 9.53 Å². The zero-order valence-electron chi connectivity index (χ0n) is 9.46. The van der Waals surface area contributed by atoms with Crippen molar-refractivity contribution in [2.24, 2.45) is 17.8 Å². The van der Waals surface area contributed by atoms with Crippen LogP contribution in [0.1, 0.15) is 40.5 Å². The molecule has 0 heterocycles. The van der Waals surface area contributed by atoms with Gasteiger partial charge in [0.05, 0.1) is 13.0 Å². The first-order chi connectivity index (χ1) is 5.99. The van der Waals surface area contributed by atoms with Crippen molar-refractivity contribution in [3.8, 4) is 0 Å². The summed E-state index contributed by atoms with van der Waals surface area (Å²) < 4.78 is 4.77. The Morgan fingerprint density at radius 3 is 2.00 bits per heavy atom. The first-order valence-electron chi connectivity index (χ1n) is 5.06. The van der Waals surface area contributed by atoms with Crippen LogP contribution in [0.4, 0.5) is 0 Å². The van der Waals surface area contributed by atoms with E-state index in [4.69, 9.17) is 4.74 Å². The van der Waals surface area contributed by atoms with E-state index in [1.807, 2.05) is 0 Å². The molecular weight excluding hydrogens is 164 g/mol. The van der Waals surface area contributed by atoms with E-state index in [0.29, 0.717) is 11.8 Å². The van der Waals surface area contributed by atoms with Crippen molar-refractivity contribution >= 4 is 5.97 Å². The highest BCUT2D eigenvalue weighted by atomic mass is 16.5. The molecule has 0 aliphatic carbocycles. The van der Waals surface area contributed by atoms with Crippen LogP contribution in [-0.4, -0.2) is 13.1 Å². The van der Waals surface area contributed by atoms with Crippen LogP contribution in [0, 0.1) is 17.8 Å². The molecule has 0 fully saturated rings. The van der Waals surface area contributed by atoms with Crippen LogP contribution in [0.25, 0.3) is 0 Å². The lowest BCUT2D eigenvalue weighted by atomic mass is 9.89. The minimum Gasteiger partial charge on any atom is -0.469 e. The average molecular weight is 186 g/mol. The topological polar surface area (TPSA) is 26.3 Å². The third-order valence-electron chi connectivity index (χ3n) is 2.36. The Morgan fingerprint density at radius 2 is 1.69 bits per heavy atom. The fraction of sp³-hybridized carbons (Fsp3) is 0.909. The molecule has 0 bridgehead atoms. The first-order valence-corrected chi connectivity index (χ1v) is 5.06.